The number of hydrogen-bond acceptors (Lipinski definition) is 1. The molecule has 0 aromatic heterocycles. The molecule has 168 valence electrons. The van der Waals surface area contributed by atoms with E-state index in [2.05, 4.69) is 41.5 Å². The van der Waals surface area contributed by atoms with E-state index < -0.39 is 5.60 Å². The van der Waals surface area contributed by atoms with Crippen LogP contribution in [0.5, 0.6) is 0 Å². The van der Waals surface area contributed by atoms with Crippen LogP contribution < -0.4 is 0 Å². The van der Waals surface area contributed by atoms with Crippen molar-refractivity contribution in [3.05, 3.63) is 0 Å². The summed E-state index contributed by atoms with van der Waals surface area (Å²) in [6, 6.07) is 0. The minimum Gasteiger partial charge on any atom is -0.390 e. The van der Waals surface area contributed by atoms with E-state index in [1.165, 1.54) is 64.2 Å². The van der Waals surface area contributed by atoms with Gasteiger partial charge in [0.25, 0.3) is 0 Å². The highest BCUT2D eigenvalue weighted by molar-refractivity contribution is 5.10. The van der Waals surface area contributed by atoms with Gasteiger partial charge in [-0.2, -0.15) is 0 Å². The smallest absolute Gasteiger partial charge is 0.0622 e. The lowest BCUT2D eigenvalue weighted by atomic mass is 9.44. The van der Waals surface area contributed by atoms with E-state index in [0.29, 0.717) is 10.8 Å². The number of fused-ring (bicyclic) bond motifs is 5. The van der Waals surface area contributed by atoms with Gasteiger partial charge in [-0.05, 0) is 123 Å². The number of hydrogen-bond donors (Lipinski definition) is 1. The lowest BCUT2D eigenvalue weighted by molar-refractivity contribution is -0.146. The third-order valence-electron chi connectivity index (χ3n) is 11.5. The van der Waals surface area contributed by atoms with Crippen molar-refractivity contribution in [2.75, 3.05) is 0 Å². The lowest BCUT2D eigenvalue weighted by Gasteiger charge is -2.62. The van der Waals surface area contributed by atoms with Crippen LogP contribution in [-0.4, -0.2) is 10.7 Å². The molecule has 0 heterocycles. The molecule has 0 radical (unpaired) electrons. The van der Waals surface area contributed by atoms with Gasteiger partial charge in [-0.1, -0.05) is 47.5 Å². The van der Waals surface area contributed by atoms with Gasteiger partial charge in [0.1, 0.15) is 0 Å². The highest BCUT2D eigenvalue weighted by atomic mass is 16.3. The highest BCUT2D eigenvalue weighted by Gasteiger charge is 2.60. The molecule has 8 unspecified atom stereocenters. The van der Waals surface area contributed by atoms with Crippen molar-refractivity contribution < 1.29 is 5.11 Å². The molecule has 4 saturated carbocycles. The first-order chi connectivity index (χ1) is 13.6. The Morgan fingerprint density at radius 1 is 0.828 bits per heavy atom. The van der Waals surface area contributed by atoms with Crippen molar-refractivity contribution in [1.82, 2.24) is 0 Å². The van der Waals surface area contributed by atoms with Crippen molar-refractivity contribution in [3.8, 4) is 0 Å². The summed E-state index contributed by atoms with van der Waals surface area (Å²) in [7, 11) is 0. The molecule has 1 nitrogen and oxygen atoms in total. The first-order valence-corrected chi connectivity index (χ1v) is 13.3. The van der Waals surface area contributed by atoms with E-state index in [4.69, 9.17) is 0 Å². The van der Waals surface area contributed by atoms with Crippen molar-refractivity contribution in [3.63, 3.8) is 0 Å². The summed E-state index contributed by atoms with van der Waals surface area (Å²) in [5, 5.41) is 10.7. The van der Waals surface area contributed by atoms with Gasteiger partial charge in [-0.25, -0.2) is 0 Å². The summed E-state index contributed by atoms with van der Waals surface area (Å²) in [6.07, 6.45) is 16.6. The van der Waals surface area contributed by atoms with Crippen LogP contribution in [0, 0.1) is 52.3 Å². The molecule has 0 aromatic rings. The van der Waals surface area contributed by atoms with Crippen LogP contribution in [0.2, 0.25) is 0 Å². The Labute approximate surface area is 181 Å². The molecule has 4 aliphatic carbocycles. The maximum Gasteiger partial charge on any atom is 0.0622 e. The second kappa shape index (κ2) is 7.83. The molecule has 1 N–H and O–H groups in total. The average Bonchev–Trinajstić information content (AvgIpc) is 2.98. The summed E-state index contributed by atoms with van der Waals surface area (Å²) in [6.45, 7) is 14.7. The summed E-state index contributed by atoms with van der Waals surface area (Å²) in [5.74, 6) is 6.40. The Morgan fingerprint density at radius 2 is 1.55 bits per heavy atom. The summed E-state index contributed by atoms with van der Waals surface area (Å²) in [5.41, 5.74) is 0.745. The van der Waals surface area contributed by atoms with Gasteiger partial charge in [-0.15, -0.1) is 0 Å². The molecule has 4 rings (SSSR count). The maximum atomic E-state index is 10.7. The van der Waals surface area contributed by atoms with E-state index in [1.54, 1.807) is 0 Å². The van der Waals surface area contributed by atoms with Gasteiger partial charge in [-0.3, -0.25) is 0 Å². The van der Waals surface area contributed by atoms with Crippen molar-refractivity contribution in [2.24, 2.45) is 52.3 Å². The van der Waals surface area contributed by atoms with Crippen LogP contribution in [-0.2, 0) is 0 Å². The third-order valence-corrected chi connectivity index (χ3v) is 11.5. The molecule has 9 atom stereocenters. The van der Waals surface area contributed by atoms with E-state index in [0.717, 1.165) is 54.3 Å². The fourth-order valence-electron chi connectivity index (χ4n) is 9.03. The first-order valence-electron chi connectivity index (χ1n) is 13.3. The second-order valence-corrected chi connectivity index (χ2v) is 13.3. The molecule has 4 fully saturated rings. The van der Waals surface area contributed by atoms with Gasteiger partial charge in [0, 0.05) is 0 Å². The van der Waals surface area contributed by atoms with E-state index in [-0.39, 0.29) is 0 Å². The Morgan fingerprint density at radius 3 is 2.28 bits per heavy atom. The standard InChI is InChI=1S/C28H50O/c1-19(2)20(3)8-7-9-21-11-13-24-23-12-10-22-18-26(4,29)16-17-28(22,6)25(23)14-15-27(21,24)5/h19-25,29H,7-18H2,1-6H3/t20?,21?,22?,23?,24?,25?,26-,27?,28?/m0/s1. The summed E-state index contributed by atoms with van der Waals surface area (Å²) in [4.78, 5) is 0. The van der Waals surface area contributed by atoms with Crippen LogP contribution in [0.4, 0.5) is 0 Å². The van der Waals surface area contributed by atoms with Crippen molar-refractivity contribution in [2.45, 2.75) is 124 Å². The van der Waals surface area contributed by atoms with E-state index in [1.807, 2.05) is 0 Å². The van der Waals surface area contributed by atoms with Gasteiger partial charge in [0.2, 0.25) is 0 Å². The fraction of sp³-hybridized carbons (Fsp3) is 1.00. The zero-order valence-electron chi connectivity index (χ0n) is 20.5. The van der Waals surface area contributed by atoms with Gasteiger partial charge >= 0.3 is 0 Å². The van der Waals surface area contributed by atoms with Crippen molar-refractivity contribution in [1.29, 1.82) is 0 Å². The third kappa shape index (κ3) is 3.85. The van der Waals surface area contributed by atoms with Gasteiger partial charge in [0.15, 0.2) is 0 Å². The second-order valence-electron chi connectivity index (χ2n) is 13.3. The Kier molecular flexibility index (Phi) is 5.98. The summed E-state index contributed by atoms with van der Waals surface area (Å²) < 4.78 is 0. The van der Waals surface area contributed by atoms with Crippen LogP contribution in [0.15, 0.2) is 0 Å². The topological polar surface area (TPSA) is 20.2 Å². The molecule has 0 aliphatic heterocycles. The molecule has 0 bridgehead atoms. The Hall–Kier alpha value is -0.0400. The van der Waals surface area contributed by atoms with Crippen LogP contribution in [0.3, 0.4) is 0 Å². The van der Waals surface area contributed by atoms with E-state index >= 15 is 0 Å². The molecule has 0 aromatic carbocycles. The van der Waals surface area contributed by atoms with Crippen LogP contribution in [0.25, 0.3) is 0 Å². The minimum absolute atomic E-state index is 0.397. The normalized spacial score (nSPS) is 50.7. The molecule has 0 saturated heterocycles. The first kappa shape index (κ1) is 22.2. The van der Waals surface area contributed by atoms with Gasteiger partial charge in [0.05, 0.1) is 5.60 Å². The average molecular weight is 403 g/mol. The lowest BCUT2D eigenvalue weighted by Crippen LogP contribution is -2.55. The number of rotatable bonds is 5. The minimum atomic E-state index is -0.397. The SMILES string of the molecule is CC(C)C(C)CCCC1CCC2C3CCC4C[C@@](C)(O)CCC4(C)C3CCC12C. The maximum absolute atomic E-state index is 10.7. The molecule has 1 heteroatoms. The fourth-order valence-corrected chi connectivity index (χ4v) is 9.03. The largest absolute Gasteiger partial charge is 0.390 e. The molecule has 4 aliphatic rings. The van der Waals surface area contributed by atoms with Crippen molar-refractivity contribution >= 4 is 0 Å². The molecular formula is C28H50O. The van der Waals surface area contributed by atoms with E-state index in [9.17, 15) is 5.11 Å². The molecule has 0 spiro atoms. The Bertz CT molecular complexity index is 579. The number of aliphatic hydroxyl groups is 1. The van der Waals surface area contributed by atoms with Crippen LogP contribution >= 0.6 is 0 Å². The quantitative estimate of drug-likeness (QED) is 0.496. The zero-order chi connectivity index (χ0) is 21.0. The molecule has 0 amide bonds. The predicted octanol–water partition coefficient (Wildman–Crippen LogP) is 7.86. The highest BCUT2D eigenvalue weighted by Crippen LogP contribution is 2.68. The van der Waals surface area contributed by atoms with Crippen LogP contribution in [0.1, 0.15) is 119 Å². The molecular weight excluding hydrogens is 352 g/mol. The summed E-state index contributed by atoms with van der Waals surface area (Å²) >= 11 is 0. The van der Waals surface area contributed by atoms with Gasteiger partial charge < -0.3 is 5.11 Å². The Balaban J connectivity index is 1.43. The molecule has 29 heavy (non-hydrogen) atoms. The predicted molar refractivity (Wildman–Crippen MR) is 124 cm³/mol. The monoisotopic (exact) mass is 402 g/mol. The zero-order valence-corrected chi connectivity index (χ0v) is 20.5.